The fraction of sp³-hybridized carbons (Fsp3) is 0.385. The average Bonchev–Trinajstić information content (AvgIpc) is 2.42. The molecule has 0 fully saturated rings. The summed E-state index contributed by atoms with van der Waals surface area (Å²) < 4.78 is 2.05. The van der Waals surface area contributed by atoms with Crippen LogP contribution in [0.15, 0.2) is 24.3 Å². The van der Waals surface area contributed by atoms with Crippen LogP contribution in [0.1, 0.15) is 25.1 Å². The Bertz CT molecular complexity index is 503. The lowest BCUT2D eigenvalue weighted by Gasteiger charge is -2.18. The van der Waals surface area contributed by atoms with Gasteiger partial charge < -0.3 is 9.67 Å². The number of rotatable bonds is 1. The zero-order chi connectivity index (χ0) is 11.2. The molecule has 1 aromatic carbocycles. The summed E-state index contributed by atoms with van der Waals surface area (Å²) in [4.78, 5) is 0. The van der Waals surface area contributed by atoms with Gasteiger partial charge in [0.25, 0.3) is 0 Å². The van der Waals surface area contributed by atoms with Gasteiger partial charge in [-0.1, -0.05) is 11.6 Å². The van der Waals surface area contributed by atoms with Gasteiger partial charge >= 0.3 is 0 Å². The van der Waals surface area contributed by atoms with E-state index in [4.69, 9.17) is 0 Å². The van der Waals surface area contributed by atoms with Gasteiger partial charge in [-0.2, -0.15) is 0 Å². The van der Waals surface area contributed by atoms with E-state index in [2.05, 4.69) is 35.8 Å². The summed E-state index contributed by atoms with van der Waals surface area (Å²) in [5.41, 5.74) is 2.57. The molecule has 1 aromatic heterocycles. The largest absolute Gasteiger partial charge is 0.384 e. The zero-order valence-corrected chi connectivity index (χ0v) is 9.70. The number of aliphatic hydroxyl groups is 1. The molecule has 0 radical (unpaired) electrons. The van der Waals surface area contributed by atoms with Crippen LogP contribution in [0, 0.1) is 6.92 Å². The monoisotopic (exact) mass is 203 g/mol. The van der Waals surface area contributed by atoms with Crippen LogP contribution in [0.25, 0.3) is 10.9 Å². The topological polar surface area (TPSA) is 25.2 Å². The molecule has 80 valence electrons. The molecule has 2 aromatic rings. The van der Waals surface area contributed by atoms with Crippen LogP contribution >= 0.6 is 0 Å². The van der Waals surface area contributed by atoms with Crippen molar-refractivity contribution >= 4 is 10.9 Å². The maximum Gasteiger partial charge on any atom is 0.0989 e. The van der Waals surface area contributed by atoms with Gasteiger partial charge in [0.15, 0.2) is 0 Å². The first-order chi connectivity index (χ1) is 6.89. The third-order valence-electron chi connectivity index (χ3n) is 2.82. The van der Waals surface area contributed by atoms with Crippen LogP contribution in [0.3, 0.4) is 0 Å². The van der Waals surface area contributed by atoms with E-state index < -0.39 is 5.60 Å². The number of aryl methyl sites for hydroxylation is 2. The molecule has 0 spiro atoms. The molecule has 2 heteroatoms. The lowest BCUT2D eigenvalue weighted by atomic mass is 10.1. The maximum atomic E-state index is 10.0. The van der Waals surface area contributed by atoms with E-state index in [0.717, 1.165) is 11.2 Å². The molecule has 0 aliphatic heterocycles. The van der Waals surface area contributed by atoms with Crippen molar-refractivity contribution in [2.75, 3.05) is 0 Å². The first-order valence-electron chi connectivity index (χ1n) is 5.18. The second-order valence-corrected chi connectivity index (χ2v) is 4.71. The Labute approximate surface area is 90.2 Å². The highest BCUT2D eigenvalue weighted by molar-refractivity contribution is 5.82. The summed E-state index contributed by atoms with van der Waals surface area (Å²) in [6.45, 7) is 5.71. The fourth-order valence-corrected chi connectivity index (χ4v) is 2.06. The number of hydrogen-bond acceptors (Lipinski definition) is 1. The Morgan fingerprint density at radius 2 is 1.87 bits per heavy atom. The van der Waals surface area contributed by atoms with Gasteiger partial charge in [-0.15, -0.1) is 0 Å². The smallest absolute Gasteiger partial charge is 0.0989 e. The van der Waals surface area contributed by atoms with E-state index in [9.17, 15) is 5.11 Å². The molecule has 2 nitrogen and oxygen atoms in total. The molecule has 0 aliphatic carbocycles. The van der Waals surface area contributed by atoms with E-state index in [1.165, 1.54) is 10.9 Å². The average molecular weight is 203 g/mol. The van der Waals surface area contributed by atoms with Gasteiger partial charge in [0.1, 0.15) is 0 Å². The lowest BCUT2D eigenvalue weighted by Crippen LogP contribution is -2.19. The Morgan fingerprint density at radius 1 is 1.20 bits per heavy atom. The van der Waals surface area contributed by atoms with Crippen LogP contribution in [-0.4, -0.2) is 9.67 Å². The van der Waals surface area contributed by atoms with Crippen molar-refractivity contribution in [1.82, 2.24) is 4.57 Å². The van der Waals surface area contributed by atoms with Crippen molar-refractivity contribution in [2.24, 2.45) is 7.05 Å². The van der Waals surface area contributed by atoms with Crippen LogP contribution in [0.4, 0.5) is 0 Å². The summed E-state index contributed by atoms with van der Waals surface area (Å²) in [7, 11) is 1.99. The molecule has 0 amide bonds. The summed E-state index contributed by atoms with van der Waals surface area (Å²) in [6, 6.07) is 8.39. The second-order valence-electron chi connectivity index (χ2n) is 4.71. The minimum Gasteiger partial charge on any atom is -0.384 e. The normalized spacial score (nSPS) is 12.3. The zero-order valence-electron chi connectivity index (χ0n) is 9.70. The van der Waals surface area contributed by atoms with Gasteiger partial charge in [0.05, 0.1) is 5.60 Å². The molecule has 2 rings (SSSR count). The van der Waals surface area contributed by atoms with Gasteiger partial charge in [0, 0.05) is 23.6 Å². The number of fused-ring (bicyclic) bond motifs is 1. The Kier molecular flexibility index (Phi) is 2.12. The highest BCUT2D eigenvalue weighted by Gasteiger charge is 2.20. The van der Waals surface area contributed by atoms with Gasteiger partial charge in [0.2, 0.25) is 0 Å². The van der Waals surface area contributed by atoms with Gasteiger partial charge in [-0.05, 0) is 39.0 Å². The highest BCUT2D eigenvalue weighted by Crippen LogP contribution is 2.27. The Hall–Kier alpha value is -1.28. The van der Waals surface area contributed by atoms with E-state index in [1.54, 1.807) is 0 Å². The van der Waals surface area contributed by atoms with Crippen LogP contribution in [-0.2, 0) is 12.6 Å². The Balaban J connectivity index is 2.75. The molecule has 0 bridgehead atoms. The van der Waals surface area contributed by atoms with Gasteiger partial charge in [-0.3, -0.25) is 0 Å². The number of aromatic nitrogens is 1. The first kappa shape index (κ1) is 10.2. The van der Waals surface area contributed by atoms with Crippen LogP contribution in [0.2, 0.25) is 0 Å². The Morgan fingerprint density at radius 3 is 2.47 bits per heavy atom. The predicted octanol–water partition coefficient (Wildman–Crippen LogP) is 2.71. The number of hydrogen-bond donors (Lipinski definition) is 1. The van der Waals surface area contributed by atoms with Gasteiger partial charge in [-0.25, -0.2) is 0 Å². The predicted molar refractivity (Wildman–Crippen MR) is 62.9 cm³/mol. The van der Waals surface area contributed by atoms with E-state index in [-0.39, 0.29) is 0 Å². The molecule has 0 unspecified atom stereocenters. The fourth-order valence-electron chi connectivity index (χ4n) is 2.06. The molecule has 0 aliphatic rings. The maximum absolute atomic E-state index is 10.0. The molecule has 15 heavy (non-hydrogen) atoms. The van der Waals surface area contributed by atoms with E-state index in [0.29, 0.717) is 0 Å². The number of benzene rings is 1. The molecule has 1 N–H and O–H groups in total. The van der Waals surface area contributed by atoms with Crippen LogP contribution < -0.4 is 0 Å². The van der Waals surface area contributed by atoms with Crippen molar-refractivity contribution in [1.29, 1.82) is 0 Å². The third-order valence-corrected chi connectivity index (χ3v) is 2.82. The molecular formula is C13H17NO. The molecule has 0 saturated heterocycles. The summed E-state index contributed by atoms with van der Waals surface area (Å²) in [5.74, 6) is 0. The summed E-state index contributed by atoms with van der Waals surface area (Å²) >= 11 is 0. The van der Waals surface area contributed by atoms with Crippen molar-refractivity contribution in [3.63, 3.8) is 0 Å². The minimum absolute atomic E-state index is 0.790. The van der Waals surface area contributed by atoms with E-state index in [1.807, 2.05) is 20.9 Å². The van der Waals surface area contributed by atoms with Crippen molar-refractivity contribution in [2.45, 2.75) is 26.4 Å². The molecule has 1 heterocycles. The summed E-state index contributed by atoms with van der Waals surface area (Å²) in [6.07, 6.45) is 0. The lowest BCUT2D eigenvalue weighted by molar-refractivity contribution is 0.0712. The quantitative estimate of drug-likeness (QED) is 0.757. The second kappa shape index (κ2) is 3.11. The van der Waals surface area contributed by atoms with E-state index >= 15 is 0 Å². The van der Waals surface area contributed by atoms with Crippen LogP contribution in [0.5, 0.6) is 0 Å². The standard InChI is InChI=1S/C13H17NO/c1-9-5-6-11-10(7-9)8-12(14(11)4)13(2,3)15/h5-8,15H,1-4H3. The van der Waals surface area contributed by atoms with Crippen molar-refractivity contribution < 1.29 is 5.11 Å². The molecular weight excluding hydrogens is 186 g/mol. The molecule has 0 atom stereocenters. The third kappa shape index (κ3) is 1.65. The highest BCUT2D eigenvalue weighted by atomic mass is 16.3. The molecule has 0 saturated carbocycles. The first-order valence-corrected chi connectivity index (χ1v) is 5.18. The van der Waals surface area contributed by atoms with Crippen molar-refractivity contribution in [3.8, 4) is 0 Å². The minimum atomic E-state index is -0.790. The van der Waals surface area contributed by atoms with Crippen molar-refractivity contribution in [3.05, 3.63) is 35.5 Å². The number of nitrogens with zero attached hydrogens (tertiary/aromatic N) is 1. The summed E-state index contributed by atoms with van der Waals surface area (Å²) in [5, 5.41) is 11.2. The SMILES string of the molecule is Cc1ccc2c(c1)cc(C(C)(C)O)n2C.